The Morgan fingerprint density at radius 2 is 1.86 bits per heavy atom. The standard InChI is InChI=1S/C18H17N3/c1-11(2)15-7-17(12(3)20-9-15)14-5-4-13-8-18(19)21-10-16(13)6-14/h4-10H,1H2,2-3H3,(H2,19,21). The predicted molar refractivity (Wildman–Crippen MR) is 88.8 cm³/mol. The summed E-state index contributed by atoms with van der Waals surface area (Å²) in [7, 11) is 0. The number of anilines is 1. The lowest BCUT2D eigenvalue weighted by atomic mass is 9.98. The Morgan fingerprint density at radius 1 is 1.05 bits per heavy atom. The normalized spacial score (nSPS) is 10.8. The molecule has 0 saturated heterocycles. The van der Waals surface area contributed by atoms with Crippen LogP contribution in [0.4, 0.5) is 5.82 Å². The highest BCUT2D eigenvalue weighted by atomic mass is 14.8. The number of hydrogen-bond donors (Lipinski definition) is 1. The van der Waals surface area contributed by atoms with Crippen molar-refractivity contribution < 1.29 is 0 Å². The highest BCUT2D eigenvalue weighted by molar-refractivity contribution is 5.88. The zero-order valence-corrected chi connectivity index (χ0v) is 12.2. The molecule has 21 heavy (non-hydrogen) atoms. The number of nitrogens with two attached hydrogens (primary N) is 1. The molecule has 0 aliphatic carbocycles. The van der Waals surface area contributed by atoms with Gasteiger partial charge < -0.3 is 5.73 Å². The third kappa shape index (κ3) is 2.50. The van der Waals surface area contributed by atoms with E-state index in [4.69, 9.17) is 5.73 Å². The van der Waals surface area contributed by atoms with E-state index in [0.29, 0.717) is 5.82 Å². The van der Waals surface area contributed by atoms with Gasteiger partial charge in [-0.15, -0.1) is 0 Å². The number of rotatable bonds is 2. The molecule has 104 valence electrons. The van der Waals surface area contributed by atoms with Crippen LogP contribution in [0.25, 0.3) is 27.5 Å². The topological polar surface area (TPSA) is 51.8 Å². The Morgan fingerprint density at radius 3 is 2.62 bits per heavy atom. The van der Waals surface area contributed by atoms with Crippen LogP contribution >= 0.6 is 0 Å². The highest BCUT2D eigenvalue weighted by Crippen LogP contribution is 2.28. The van der Waals surface area contributed by atoms with Gasteiger partial charge in [0.25, 0.3) is 0 Å². The number of nitrogen functional groups attached to an aromatic ring is 1. The number of aryl methyl sites for hydroxylation is 1. The second-order valence-corrected chi connectivity index (χ2v) is 5.31. The number of pyridine rings is 2. The summed E-state index contributed by atoms with van der Waals surface area (Å²) in [6.45, 7) is 7.99. The second-order valence-electron chi connectivity index (χ2n) is 5.31. The third-order valence-corrected chi connectivity index (χ3v) is 3.63. The molecule has 0 amide bonds. The minimum Gasteiger partial charge on any atom is -0.384 e. The summed E-state index contributed by atoms with van der Waals surface area (Å²) < 4.78 is 0. The zero-order chi connectivity index (χ0) is 15.0. The van der Waals surface area contributed by atoms with Gasteiger partial charge in [0, 0.05) is 29.0 Å². The summed E-state index contributed by atoms with van der Waals surface area (Å²) in [4.78, 5) is 8.63. The van der Waals surface area contributed by atoms with E-state index in [2.05, 4.69) is 40.8 Å². The highest BCUT2D eigenvalue weighted by Gasteiger charge is 2.07. The number of fused-ring (bicyclic) bond motifs is 1. The largest absolute Gasteiger partial charge is 0.384 e. The summed E-state index contributed by atoms with van der Waals surface area (Å²) in [5, 5.41) is 2.16. The van der Waals surface area contributed by atoms with Crippen LogP contribution in [0.15, 0.2) is 49.3 Å². The van der Waals surface area contributed by atoms with Crippen LogP contribution in [0.3, 0.4) is 0 Å². The molecule has 3 aromatic rings. The summed E-state index contributed by atoms with van der Waals surface area (Å²) in [6, 6.07) is 10.3. The van der Waals surface area contributed by atoms with Crippen LogP contribution in [0, 0.1) is 6.92 Å². The summed E-state index contributed by atoms with van der Waals surface area (Å²) >= 11 is 0. The quantitative estimate of drug-likeness (QED) is 0.761. The molecule has 0 saturated carbocycles. The predicted octanol–water partition coefficient (Wildman–Crippen LogP) is 4.22. The lowest BCUT2D eigenvalue weighted by molar-refractivity contribution is 1.19. The molecule has 0 fully saturated rings. The van der Waals surface area contributed by atoms with Crippen LogP contribution in [0.2, 0.25) is 0 Å². The first-order valence-corrected chi connectivity index (χ1v) is 6.83. The van der Waals surface area contributed by atoms with Crippen LogP contribution in [-0.2, 0) is 0 Å². The molecule has 0 spiro atoms. The number of allylic oxidation sites excluding steroid dienone is 1. The molecule has 3 heteroatoms. The number of aromatic nitrogens is 2. The molecule has 2 aromatic heterocycles. The molecule has 0 radical (unpaired) electrons. The molecule has 0 bridgehead atoms. The van der Waals surface area contributed by atoms with Gasteiger partial charge in [-0.05, 0) is 54.1 Å². The molecule has 2 heterocycles. The van der Waals surface area contributed by atoms with Crippen molar-refractivity contribution in [3.8, 4) is 11.1 Å². The Balaban J connectivity index is 2.18. The van der Waals surface area contributed by atoms with Crippen molar-refractivity contribution in [2.75, 3.05) is 5.73 Å². The first-order valence-electron chi connectivity index (χ1n) is 6.83. The van der Waals surface area contributed by atoms with E-state index in [0.717, 1.165) is 38.7 Å². The average molecular weight is 275 g/mol. The Bertz CT molecular complexity index is 850. The van der Waals surface area contributed by atoms with E-state index < -0.39 is 0 Å². The van der Waals surface area contributed by atoms with E-state index >= 15 is 0 Å². The molecular formula is C18H17N3. The fourth-order valence-electron chi connectivity index (χ4n) is 2.38. The maximum absolute atomic E-state index is 5.72. The van der Waals surface area contributed by atoms with Gasteiger partial charge in [0.2, 0.25) is 0 Å². The van der Waals surface area contributed by atoms with Gasteiger partial charge in [-0.1, -0.05) is 18.7 Å². The number of nitrogens with zero attached hydrogens (tertiary/aromatic N) is 2. The number of benzene rings is 1. The first-order chi connectivity index (χ1) is 10.0. The van der Waals surface area contributed by atoms with Gasteiger partial charge in [0.1, 0.15) is 5.82 Å². The average Bonchev–Trinajstić information content (AvgIpc) is 2.47. The molecule has 3 rings (SSSR count). The van der Waals surface area contributed by atoms with Gasteiger partial charge in [0.05, 0.1) is 0 Å². The number of hydrogen-bond acceptors (Lipinski definition) is 3. The molecule has 1 aromatic carbocycles. The summed E-state index contributed by atoms with van der Waals surface area (Å²) in [5.74, 6) is 0.539. The monoisotopic (exact) mass is 275 g/mol. The Kier molecular flexibility index (Phi) is 3.18. The van der Waals surface area contributed by atoms with Crippen molar-refractivity contribution in [2.45, 2.75) is 13.8 Å². The fourth-order valence-corrected chi connectivity index (χ4v) is 2.38. The molecule has 2 N–H and O–H groups in total. The maximum Gasteiger partial charge on any atom is 0.123 e. The first kappa shape index (κ1) is 13.3. The summed E-state index contributed by atoms with van der Waals surface area (Å²) in [6.07, 6.45) is 3.67. The van der Waals surface area contributed by atoms with Gasteiger partial charge in [-0.3, -0.25) is 4.98 Å². The van der Waals surface area contributed by atoms with E-state index in [1.165, 1.54) is 0 Å². The van der Waals surface area contributed by atoms with Crippen molar-refractivity contribution in [2.24, 2.45) is 0 Å². The minimum atomic E-state index is 0.539. The van der Waals surface area contributed by atoms with Gasteiger partial charge in [-0.25, -0.2) is 4.98 Å². The molecule has 0 aliphatic rings. The smallest absolute Gasteiger partial charge is 0.123 e. The van der Waals surface area contributed by atoms with E-state index in [-0.39, 0.29) is 0 Å². The SMILES string of the molecule is C=C(C)c1cnc(C)c(-c2ccc3cc(N)ncc3c2)c1. The summed E-state index contributed by atoms with van der Waals surface area (Å²) in [5.41, 5.74) is 11.0. The van der Waals surface area contributed by atoms with E-state index in [9.17, 15) is 0 Å². The van der Waals surface area contributed by atoms with E-state index in [1.807, 2.05) is 26.1 Å². The zero-order valence-electron chi connectivity index (χ0n) is 12.2. The Labute approximate surface area is 124 Å². The molecule has 3 nitrogen and oxygen atoms in total. The molecule has 0 aliphatic heterocycles. The van der Waals surface area contributed by atoms with Gasteiger partial charge in [0.15, 0.2) is 0 Å². The maximum atomic E-state index is 5.72. The Hall–Kier alpha value is -2.68. The lowest BCUT2D eigenvalue weighted by Gasteiger charge is -2.09. The van der Waals surface area contributed by atoms with Crippen molar-refractivity contribution in [1.82, 2.24) is 9.97 Å². The minimum absolute atomic E-state index is 0.539. The van der Waals surface area contributed by atoms with Crippen LogP contribution < -0.4 is 5.73 Å². The molecule has 0 unspecified atom stereocenters. The van der Waals surface area contributed by atoms with Crippen LogP contribution in [0.5, 0.6) is 0 Å². The molecule has 0 atom stereocenters. The van der Waals surface area contributed by atoms with Crippen molar-refractivity contribution in [1.29, 1.82) is 0 Å². The van der Waals surface area contributed by atoms with Gasteiger partial charge >= 0.3 is 0 Å². The van der Waals surface area contributed by atoms with Crippen LogP contribution in [-0.4, -0.2) is 9.97 Å². The van der Waals surface area contributed by atoms with Gasteiger partial charge in [-0.2, -0.15) is 0 Å². The van der Waals surface area contributed by atoms with Crippen molar-refractivity contribution in [3.63, 3.8) is 0 Å². The van der Waals surface area contributed by atoms with Crippen molar-refractivity contribution >= 4 is 22.2 Å². The lowest BCUT2D eigenvalue weighted by Crippen LogP contribution is -1.92. The van der Waals surface area contributed by atoms with E-state index in [1.54, 1.807) is 6.20 Å². The fraction of sp³-hybridized carbons (Fsp3) is 0.111. The third-order valence-electron chi connectivity index (χ3n) is 3.63. The second kappa shape index (κ2) is 5.02. The van der Waals surface area contributed by atoms with Crippen LogP contribution in [0.1, 0.15) is 18.2 Å². The molecular weight excluding hydrogens is 258 g/mol. The van der Waals surface area contributed by atoms with Crippen molar-refractivity contribution in [3.05, 3.63) is 60.6 Å².